The molecule has 1 heterocycles. The second-order valence-corrected chi connectivity index (χ2v) is 13.9. The number of aryl methyl sites for hydroxylation is 1. The quantitative estimate of drug-likeness (QED) is 0.0638. The molecule has 1 aromatic heterocycles. The molecule has 3 aromatic carbocycles. The number of azo groups is 1. The van der Waals surface area contributed by atoms with Gasteiger partial charge in [-0.3, -0.25) is 13.9 Å². The molecule has 4 aromatic rings. The van der Waals surface area contributed by atoms with Crippen LogP contribution in [0.5, 0.6) is 0 Å². The monoisotopic (exact) mass is 802 g/mol. The van der Waals surface area contributed by atoms with Gasteiger partial charge in [0, 0.05) is 16.7 Å². The third kappa shape index (κ3) is 9.45. The molecule has 1 atom stereocenters. The standard InChI is InChI=1S/C25H21Br2ClN8O7S2/c1-13-9-14(5-7-19(13)36-35-16-3-2-4-17(10-16)44(38,39)40)30-24-32-23(28)33-25(34-24)31-20-11-15(29-22(37)18(27)12-26)6-8-21(20)45(41,42)43/h2-11,18H,12H2,1H3,(H,29,37)(H,38,39,40)(H,41,42,43)(H2,30,31,32,33,34)/b36-35+. The topological polar surface area (TPSA) is 225 Å². The van der Waals surface area contributed by atoms with Crippen LogP contribution in [0.4, 0.5) is 40.3 Å². The van der Waals surface area contributed by atoms with Gasteiger partial charge in [-0.2, -0.15) is 42.0 Å². The van der Waals surface area contributed by atoms with Gasteiger partial charge in [0.15, 0.2) is 0 Å². The SMILES string of the molecule is Cc1cc(Nc2nc(Cl)nc(Nc3cc(NC(=O)C(Br)CBr)ccc3S(=O)(=O)O)n2)ccc1/N=N/c1cccc(S(=O)(=O)O)c1. The van der Waals surface area contributed by atoms with E-state index in [9.17, 15) is 30.7 Å². The number of alkyl halides is 2. The summed E-state index contributed by atoms with van der Waals surface area (Å²) in [7, 11) is -9.09. The summed E-state index contributed by atoms with van der Waals surface area (Å²) in [6.07, 6.45) is 0. The highest BCUT2D eigenvalue weighted by Gasteiger charge is 2.20. The molecule has 236 valence electrons. The van der Waals surface area contributed by atoms with Crippen molar-refractivity contribution in [3.8, 4) is 0 Å². The molecule has 45 heavy (non-hydrogen) atoms. The summed E-state index contributed by atoms with van der Waals surface area (Å²) in [5, 5.41) is 16.5. The van der Waals surface area contributed by atoms with E-state index in [1.54, 1.807) is 25.1 Å². The maximum Gasteiger partial charge on any atom is 0.296 e. The highest BCUT2D eigenvalue weighted by atomic mass is 79.9. The van der Waals surface area contributed by atoms with E-state index in [2.05, 4.69) is 73.0 Å². The molecule has 0 aliphatic carbocycles. The summed E-state index contributed by atoms with van der Waals surface area (Å²) in [6, 6.07) is 14.0. The van der Waals surface area contributed by atoms with Crippen LogP contribution in [0.3, 0.4) is 0 Å². The van der Waals surface area contributed by atoms with Gasteiger partial charge in [0.1, 0.15) is 9.72 Å². The molecule has 0 bridgehead atoms. The van der Waals surface area contributed by atoms with Crippen LogP contribution in [0, 0.1) is 6.92 Å². The van der Waals surface area contributed by atoms with E-state index in [0.717, 1.165) is 6.07 Å². The van der Waals surface area contributed by atoms with Gasteiger partial charge in [-0.25, -0.2) is 0 Å². The first-order valence-electron chi connectivity index (χ1n) is 12.3. The normalized spacial score (nSPS) is 12.6. The summed E-state index contributed by atoms with van der Waals surface area (Å²) in [6.45, 7) is 1.75. The lowest BCUT2D eigenvalue weighted by Gasteiger charge is -2.14. The van der Waals surface area contributed by atoms with Gasteiger partial charge in [0.05, 0.1) is 22.0 Å². The third-order valence-electron chi connectivity index (χ3n) is 5.64. The predicted octanol–water partition coefficient (Wildman–Crippen LogP) is 6.33. The van der Waals surface area contributed by atoms with E-state index in [1.165, 1.54) is 36.4 Å². The molecule has 0 saturated heterocycles. The van der Waals surface area contributed by atoms with Crippen LogP contribution in [0.2, 0.25) is 5.28 Å². The van der Waals surface area contributed by atoms with E-state index >= 15 is 0 Å². The van der Waals surface area contributed by atoms with Gasteiger partial charge in [-0.15, -0.1) is 0 Å². The first-order valence-corrected chi connectivity index (χ1v) is 17.6. The van der Waals surface area contributed by atoms with Gasteiger partial charge < -0.3 is 16.0 Å². The van der Waals surface area contributed by atoms with E-state index in [1.807, 2.05) is 0 Å². The van der Waals surface area contributed by atoms with Gasteiger partial charge in [0.25, 0.3) is 20.2 Å². The lowest BCUT2D eigenvalue weighted by Crippen LogP contribution is -2.23. The molecule has 0 fully saturated rings. The molecular formula is C25H21Br2ClN8O7S2. The second-order valence-electron chi connectivity index (χ2n) is 8.97. The first kappa shape index (κ1) is 34.3. The Morgan fingerprint density at radius 2 is 1.60 bits per heavy atom. The van der Waals surface area contributed by atoms with Crippen LogP contribution >= 0.6 is 43.5 Å². The Kier molecular flexibility index (Phi) is 10.8. The molecule has 0 saturated carbocycles. The number of nitrogens with zero attached hydrogens (tertiary/aromatic N) is 5. The minimum atomic E-state index is -4.70. The summed E-state index contributed by atoms with van der Waals surface area (Å²) in [5.74, 6) is -0.606. The van der Waals surface area contributed by atoms with E-state index < -0.39 is 35.9 Å². The average molecular weight is 805 g/mol. The number of aromatic nitrogens is 3. The van der Waals surface area contributed by atoms with Gasteiger partial charge in [0.2, 0.25) is 23.1 Å². The number of carbonyl (C=O) groups is 1. The zero-order chi connectivity index (χ0) is 32.9. The summed E-state index contributed by atoms with van der Waals surface area (Å²) < 4.78 is 65.7. The number of benzene rings is 3. The Hall–Kier alpha value is -3.59. The highest BCUT2D eigenvalue weighted by molar-refractivity contribution is 9.12. The minimum Gasteiger partial charge on any atom is -0.325 e. The number of carbonyl (C=O) groups excluding carboxylic acids is 1. The van der Waals surface area contributed by atoms with Crippen molar-refractivity contribution in [2.24, 2.45) is 10.2 Å². The lowest BCUT2D eigenvalue weighted by molar-refractivity contribution is -0.115. The van der Waals surface area contributed by atoms with Crippen molar-refractivity contribution in [1.82, 2.24) is 15.0 Å². The van der Waals surface area contributed by atoms with Gasteiger partial charge >= 0.3 is 0 Å². The molecule has 0 aliphatic heterocycles. The molecule has 1 amide bonds. The van der Waals surface area contributed by atoms with E-state index in [4.69, 9.17) is 11.6 Å². The van der Waals surface area contributed by atoms with Crippen molar-refractivity contribution in [3.63, 3.8) is 0 Å². The van der Waals surface area contributed by atoms with Crippen LogP contribution < -0.4 is 16.0 Å². The number of nitrogens with one attached hydrogen (secondary N) is 3. The third-order valence-corrected chi connectivity index (χ3v) is 9.83. The van der Waals surface area contributed by atoms with Crippen LogP contribution in [-0.2, 0) is 25.0 Å². The van der Waals surface area contributed by atoms with Crippen molar-refractivity contribution in [3.05, 3.63) is 71.5 Å². The maximum absolute atomic E-state index is 12.3. The van der Waals surface area contributed by atoms with Crippen molar-refractivity contribution in [1.29, 1.82) is 0 Å². The molecular weight excluding hydrogens is 784 g/mol. The summed E-state index contributed by atoms with van der Waals surface area (Å²) in [4.78, 5) is 23.1. The molecule has 0 radical (unpaired) electrons. The first-order chi connectivity index (χ1) is 21.1. The number of hydrogen-bond donors (Lipinski definition) is 5. The number of halogens is 3. The van der Waals surface area contributed by atoms with Crippen LogP contribution in [0.25, 0.3) is 0 Å². The van der Waals surface area contributed by atoms with Gasteiger partial charge in [-0.05, 0) is 78.7 Å². The van der Waals surface area contributed by atoms with Crippen molar-refractivity contribution in [2.45, 2.75) is 21.5 Å². The van der Waals surface area contributed by atoms with E-state index in [0.29, 0.717) is 22.3 Å². The summed E-state index contributed by atoms with van der Waals surface area (Å²) in [5.41, 5.74) is 1.91. The van der Waals surface area contributed by atoms with Crippen LogP contribution in [0.1, 0.15) is 5.56 Å². The van der Waals surface area contributed by atoms with Crippen LogP contribution in [0.15, 0.2) is 80.7 Å². The number of amides is 1. The smallest absolute Gasteiger partial charge is 0.296 e. The second kappa shape index (κ2) is 14.2. The Morgan fingerprint density at radius 1 is 0.911 bits per heavy atom. The molecule has 4 rings (SSSR count). The average Bonchev–Trinajstić information content (AvgIpc) is 2.95. The maximum atomic E-state index is 12.3. The fourth-order valence-electron chi connectivity index (χ4n) is 3.60. The largest absolute Gasteiger partial charge is 0.325 e. The fourth-order valence-corrected chi connectivity index (χ4v) is 5.31. The van der Waals surface area contributed by atoms with Gasteiger partial charge in [-0.1, -0.05) is 37.9 Å². The van der Waals surface area contributed by atoms with Crippen molar-refractivity contribution >= 4 is 110 Å². The predicted molar refractivity (Wildman–Crippen MR) is 174 cm³/mol. The zero-order valence-corrected chi connectivity index (χ0v) is 28.2. The van der Waals surface area contributed by atoms with E-state index in [-0.39, 0.29) is 39.1 Å². The Balaban J connectivity index is 1.56. The molecule has 5 N–H and O–H groups in total. The van der Waals surface area contributed by atoms with Crippen LogP contribution in [-0.4, -0.2) is 57.0 Å². The molecule has 1 unspecified atom stereocenters. The van der Waals surface area contributed by atoms with Crippen molar-refractivity contribution in [2.75, 3.05) is 21.3 Å². The fraction of sp³-hybridized carbons (Fsp3) is 0.120. The van der Waals surface area contributed by atoms with Crippen molar-refractivity contribution < 1.29 is 30.7 Å². The molecule has 20 heteroatoms. The molecule has 0 spiro atoms. The number of hydrogen-bond acceptors (Lipinski definition) is 12. The Labute approximate surface area is 278 Å². The molecule has 0 aliphatic rings. The number of rotatable bonds is 11. The lowest BCUT2D eigenvalue weighted by atomic mass is 10.2. The Bertz CT molecular complexity index is 2020. The molecule has 15 nitrogen and oxygen atoms in total. The number of anilines is 5. The zero-order valence-electron chi connectivity index (χ0n) is 22.7. The Morgan fingerprint density at radius 3 is 2.24 bits per heavy atom. The summed E-state index contributed by atoms with van der Waals surface area (Å²) >= 11 is 12.5. The highest BCUT2D eigenvalue weighted by Crippen LogP contribution is 2.30. The minimum absolute atomic E-state index is 0.0226.